The van der Waals surface area contributed by atoms with E-state index in [0.29, 0.717) is 6.73 Å². The van der Waals surface area contributed by atoms with Crippen LogP contribution in [-0.4, -0.2) is 24.5 Å². The summed E-state index contributed by atoms with van der Waals surface area (Å²) in [5.41, 5.74) is 0.992. The second-order valence-corrected chi connectivity index (χ2v) is 12.2. The highest BCUT2D eigenvalue weighted by molar-refractivity contribution is 9.10. The van der Waals surface area contributed by atoms with Crippen LogP contribution in [0.1, 0.15) is 0 Å². The van der Waals surface area contributed by atoms with Gasteiger partial charge in [0.15, 0.2) is 0 Å². The number of rotatable bonds is 5. The van der Waals surface area contributed by atoms with Crippen LogP contribution in [-0.2, 0) is 11.5 Å². The van der Waals surface area contributed by atoms with Gasteiger partial charge in [-0.25, -0.2) is 4.68 Å². The first-order valence-corrected chi connectivity index (χ1v) is 10.7. The number of fused-ring (bicyclic) bond motifs is 1. The summed E-state index contributed by atoms with van der Waals surface area (Å²) in [5.74, 6) is 0. The molecule has 0 unspecified atom stereocenters. The normalized spacial score (nSPS) is 12.2. The van der Waals surface area contributed by atoms with Crippen molar-refractivity contribution in [1.82, 2.24) is 9.78 Å². The fourth-order valence-corrected chi connectivity index (χ4v) is 2.88. The standard InChI is InChI=1S/C13H19BrN2OSi/c1-18(2,3)8-7-17-10-16-9-11-5-4-6-12(14)13(11)15-16/h4-6,9H,7-8,10H2,1-3H3. The summed E-state index contributed by atoms with van der Waals surface area (Å²) in [6.45, 7) is 8.43. The van der Waals surface area contributed by atoms with E-state index in [2.05, 4.69) is 46.7 Å². The fourth-order valence-electron chi connectivity index (χ4n) is 1.66. The molecule has 1 aromatic carbocycles. The molecule has 2 rings (SSSR count). The largest absolute Gasteiger partial charge is 0.360 e. The molecule has 0 spiro atoms. The molecule has 1 heterocycles. The average molecular weight is 327 g/mol. The van der Waals surface area contributed by atoms with Gasteiger partial charge in [-0.1, -0.05) is 31.8 Å². The number of hydrogen-bond donors (Lipinski definition) is 0. The van der Waals surface area contributed by atoms with Crippen molar-refractivity contribution in [2.45, 2.75) is 32.4 Å². The van der Waals surface area contributed by atoms with E-state index < -0.39 is 8.07 Å². The quantitative estimate of drug-likeness (QED) is 0.610. The van der Waals surface area contributed by atoms with Crippen LogP contribution in [0.4, 0.5) is 0 Å². The molecule has 0 amide bonds. The molecular weight excluding hydrogens is 308 g/mol. The van der Waals surface area contributed by atoms with Crippen LogP contribution < -0.4 is 0 Å². The Morgan fingerprint density at radius 1 is 1.33 bits per heavy atom. The summed E-state index contributed by atoms with van der Waals surface area (Å²) in [4.78, 5) is 0. The van der Waals surface area contributed by atoms with Gasteiger partial charge in [0.1, 0.15) is 12.2 Å². The second kappa shape index (κ2) is 5.55. The lowest BCUT2D eigenvalue weighted by atomic mass is 10.3. The van der Waals surface area contributed by atoms with Crippen LogP contribution in [0.2, 0.25) is 25.7 Å². The van der Waals surface area contributed by atoms with Crippen molar-refractivity contribution in [3.8, 4) is 0 Å². The molecule has 0 aliphatic carbocycles. The first-order valence-electron chi connectivity index (χ1n) is 6.15. The lowest BCUT2D eigenvalue weighted by molar-refractivity contribution is 0.0791. The molecule has 0 atom stereocenters. The molecule has 18 heavy (non-hydrogen) atoms. The van der Waals surface area contributed by atoms with Crippen molar-refractivity contribution in [3.63, 3.8) is 0 Å². The SMILES string of the molecule is C[Si](C)(C)CCOCn1cc2cccc(Br)c2n1. The summed E-state index contributed by atoms with van der Waals surface area (Å²) < 4.78 is 8.57. The van der Waals surface area contributed by atoms with Crippen LogP contribution in [0.25, 0.3) is 10.9 Å². The van der Waals surface area contributed by atoms with Gasteiger partial charge in [-0.05, 0) is 28.0 Å². The Bertz CT molecular complexity index is 533. The third-order valence-corrected chi connectivity index (χ3v) is 5.10. The molecule has 0 aliphatic heterocycles. The van der Waals surface area contributed by atoms with Crippen LogP contribution in [0.3, 0.4) is 0 Å². The van der Waals surface area contributed by atoms with Crippen LogP contribution in [0.5, 0.6) is 0 Å². The van der Waals surface area contributed by atoms with Crippen molar-refractivity contribution < 1.29 is 4.74 Å². The van der Waals surface area contributed by atoms with Gasteiger partial charge in [-0.2, -0.15) is 5.10 Å². The highest BCUT2D eigenvalue weighted by Crippen LogP contribution is 2.21. The lowest BCUT2D eigenvalue weighted by Gasteiger charge is -2.15. The van der Waals surface area contributed by atoms with E-state index in [4.69, 9.17) is 4.74 Å². The zero-order valence-electron chi connectivity index (χ0n) is 11.1. The topological polar surface area (TPSA) is 27.1 Å². The lowest BCUT2D eigenvalue weighted by Crippen LogP contribution is -2.22. The molecule has 5 heteroatoms. The molecule has 1 aromatic heterocycles. The highest BCUT2D eigenvalue weighted by Gasteiger charge is 2.12. The monoisotopic (exact) mass is 326 g/mol. The number of halogens is 1. The highest BCUT2D eigenvalue weighted by atomic mass is 79.9. The smallest absolute Gasteiger partial charge is 0.139 e. The third-order valence-electron chi connectivity index (χ3n) is 2.75. The fraction of sp³-hybridized carbons (Fsp3) is 0.462. The van der Waals surface area contributed by atoms with Gasteiger partial charge in [0.25, 0.3) is 0 Å². The second-order valence-electron chi connectivity index (χ2n) is 5.69. The zero-order valence-corrected chi connectivity index (χ0v) is 13.7. The van der Waals surface area contributed by atoms with Gasteiger partial charge in [-0.3, -0.25) is 0 Å². The van der Waals surface area contributed by atoms with Crippen molar-refractivity contribution >= 4 is 34.9 Å². The van der Waals surface area contributed by atoms with Crippen molar-refractivity contribution in [3.05, 3.63) is 28.9 Å². The third kappa shape index (κ3) is 3.67. The number of aromatic nitrogens is 2. The minimum atomic E-state index is -0.998. The Morgan fingerprint density at radius 3 is 2.78 bits per heavy atom. The molecule has 0 saturated heterocycles. The van der Waals surface area contributed by atoms with Gasteiger partial charge in [-0.15, -0.1) is 0 Å². The summed E-state index contributed by atoms with van der Waals surface area (Å²) in [5, 5.41) is 5.64. The Labute approximate surface area is 117 Å². The molecule has 98 valence electrons. The van der Waals surface area contributed by atoms with Crippen LogP contribution in [0, 0.1) is 0 Å². The molecule has 3 nitrogen and oxygen atoms in total. The van der Waals surface area contributed by atoms with Gasteiger partial charge < -0.3 is 4.74 Å². The van der Waals surface area contributed by atoms with Crippen LogP contribution in [0.15, 0.2) is 28.9 Å². The van der Waals surface area contributed by atoms with E-state index in [0.717, 1.165) is 22.0 Å². The first kappa shape index (κ1) is 13.8. The summed E-state index contributed by atoms with van der Waals surface area (Å²) in [6, 6.07) is 7.28. The van der Waals surface area contributed by atoms with Gasteiger partial charge in [0.2, 0.25) is 0 Å². The summed E-state index contributed by atoms with van der Waals surface area (Å²) in [7, 11) is -0.998. The maximum Gasteiger partial charge on any atom is 0.139 e. The molecule has 0 bridgehead atoms. The van der Waals surface area contributed by atoms with Crippen LogP contribution >= 0.6 is 15.9 Å². The molecule has 2 aromatic rings. The maximum atomic E-state index is 5.69. The van der Waals surface area contributed by atoms with Gasteiger partial charge in [0, 0.05) is 30.7 Å². The molecule has 0 radical (unpaired) electrons. The first-order chi connectivity index (χ1) is 8.46. The maximum absolute atomic E-state index is 5.69. The number of benzene rings is 1. The predicted molar refractivity (Wildman–Crippen MR) is 81.5 cm³/mol. The van der Waals surface area contributed by atoms with Crippen molar-refractivity contribution in [2.24, 2.45) is 0 Å². The predicted octanol–water partition coefficient (Wildman–Crippen LogP) is 4.11. The van der Waals surface area contributed by atoms with E-state index in [1.807, 2.05) is 23.0 Å². The van der Waals surface area contributed by atoms with E-state index in [9.17, 15) is 0 Å². The summed E-state index contributed by atoms with van der Waals surface area (Å²) >= 11 is 3.51. The Hall–Kier alpha value is -0.653. The van der Waals surface area contributed by atoms with E-state index in [1.54, 1.807) is 0 Å². The zero-order chi connectivity index (χ0) is 13.2. The van der Waals surface area contributed by atoms with E-state index in [-0.39, 0.29) is 0 Å². The van der Waals surface area contributed by atoms with E-state index >= 15 is 0 Å². The minimum absolute atomic E-state index is 0.533. The number of hydrogen-bond acceptors (Lipinski definition) is 2. The minimum Gasteiger partial charge on any atom is -0.360 e. The van der Waals surface area contributed by atoms with Gasteiger partial charge in [0.05, 0.1) is 0 Å². The Balaban J connectivity index is 1.94. The molecule has 0 saturated carbocycles. The summed E-state index contributed by atoms with van der Waals surface area (Å²) in [6.07, 6.45) is 2.02. The van der Waals surface area contributed by atoms with Gasteiger partial charge >= 0.3 is 0 Å². The number of nitrogens with zero attached hydrogens (tertiary/aromatic N) is 2. The molecular formula is C13H19BrN2OSi. The van der Waals surface area contributed by atoms with Crippen molar-refractivity contribution in [1.29, 1.82) is 0 Å². The van der Waals surface area contributed by atoms with Crippen molar-refractivity contribution in [2.75, 3.05) is 6.61 Å². The number of ether oxygens (including phenoxy) is 1. The van der Waals surface area contributed by atoms with E-state index in [1.165, 1.54) is 6.04 Å². The molecule has 0 aliphatic rings. The molecule has 0 fully saturated rings. The molecule has 0 N–H and O–H groups in total. The Morgan fingerprint density at radius 2 is 2.11 bits per heavy atom. The Kier molecular flexibility index (Phi) is 4.24. The average Bonchev–Trinajstić information content (AvgIpc) is 2.68.